The van der Waals surface area contributed by atoms with Crippen LogP contribution in [0.25, 0.3) is 0 Å². The van der Waals surface area contributed by atoms with Crippen LogP contribution in [0.5, 0.6) is 0 Å². The third-order valence-electron chi connectivity index (χ3n) is 3.26. The Balaban J connectivity index is 3.09. The Hall–Kier alpha value is -0.640. The average Bonchev–Trinajstić information content (AvgIpc) is 2.32. The second-order valence-corrected chi connectivity index (χ2v) is 4.76. The minimum absolute atomic E-state index is 0.0548. The number of benzene rings is 1. The first-order valence-corrected chi connectivity index (χ1v) is 6.22. The minimum Gasteiger partial charge on any atom is -0.392 e. The summed E-state index contributed by atoms with van der Waals surface area (Å²) in [5, 5.41) is 10.5. The lowest BCUT2D eigenvalue weighted by atomic mass is 9.85. The molecule has 0 fully saturated rings. The van der Waals surface area contributed by atoms with Gasteiger partial charge in [0.15, 0.2) is 0 Å². The fourth-order valence-electron chi connectivity index (χ4n) is 1.93. The number of rotatable bonds is 5. The Morgan fingerprint density at radius 3 is 2.59 bits per heavy atom. The third-order valence-corrected chi connectivity index (χ3v) is 3.59. The van der Waals surface area contributed by atoms with Gasteiger partial charge in [-0.05, 0) is 18.1 Å². The zero-order valence-corrected chi connectivity index (χ0v) is 10.9. The Bertz CT molecular complexity index is 352. The van der Waals surface area contributed by atoms with E-state index in [0.717, 1.165) is 6.42 Å². The topological polar surface area (TPSA) is 46.2 Å². The van der Waals surface area contributed by atoms with Gasteiger partial charge in [0.25, 0.3) is 0 Å². The maximum Gasteiger partial charge on any atom is 0.128 e. The third kappa shape index (κ3) is 3.18. The smallest absolute Gasteiger partial charge is 0.128 e. The number of hydrogen-bond acceptors (Lipinski definition) is 2. The maximum absolute atomic E-state index is 13.8. The molecule has 1 aromatic carbocycles. The number of hydrogen-bond donors (Lipinski definition) is 2. The SMILES string of the molecule is CCC(C)C(O)C(CN)c1c(F)cccc1Cl. The fourth-order valence-corrected chi connectivity index (χ4v) is 2.23. The van der Waals surface area contributed by atoms with E-state index >= 15 is 0 Å². The molecule has 0 heterocycles. The molecule has 0 aliphatic heterocycles. The molecule has 3 N–H and O–H groups in total. The lowest BCUT2D eigenvalue weighted by Gasteiger charge is -2.27. The highest BCUT2D eigenvalue weighted by Crippen LogP contribution is 2.32. The first-order valence-electron chi connectivity index (χ1n) is 5.84. The van der Waals surface area contributed by atoms with E-state index in [-0.39, 0.29) is 12.5 Å². The first-order chi connectivity index (χ1) is 8.02. The van der Waals surface area contributed by atoms with Crippen LogP contribution < -0.4 is 5.73 Å². The van der Waals surface area contributed by atoms with Gasteiger partial charge >= 0.3 is 0 Å². The van der Waals surface area contributed by atoms with Crippen molar-refractivity contribution in [2.75, 3.05) is 6.54 Å². The van der Waals surface area contributed by atoms with Gasteiger partial charge < -0.3 is 10.8 Å². The van der Waals surface area contributed by atoms with Crippen molar-refractivity contribution in [3.8, 4) is 0 Å². The summed E-state index contributed by atoms with van der Waals surface area (Å²) in [7, 11) is 0. The highest BCUT2D eigenvalue weighted by Gasteiger charge is 2.28. The van der Waals surface area contributed by atoms with E-state index in [1.807, 2.05) is 13.8 Å². The maximum atomic E-state index is 13.8. The molecule has 2 nitrogen and oxygen atoms in total. The second-order valence-electron chi connectivity index (χ2n) is 4.35. The van der Waals surface area contributed by atoms with E-state index in [4.69, 9.17) is 17.3 Å². The normalized spacial score (nSPS) is 16.6. The average molecular weight is 260 g/mol. The van der Waals surface area contributed by atoms with Crippen molar-refractivity contribution >= 4 is 11.6 Å². The largest absolute Gasteiger partial charge is 0.392 e. The van der Waals surface area contributed by atoms with E-state index < -0.39 is 17.8 Å². The Morgan fingerprint density at radius 2 is 2.12 bits per heavy atom. The molecule has 3 unspecified atom stereocenters. The molecule has 0 saturated carbocycles. The highest BCUT2D eigenvalue weighted by molar-refractivity contribution is 6.31. The van der Waals surface area contributed by atoms with E-state index in [1.54, 1.807) is 12.1 Å². The number of aliphatic hydroxyl groups is 1. The van der Waals surface area contributed by atoms with Gasteiger partial charge in [-0.1, -0.05) is 37.9 Å². The van der Waals surface area contributed by atoms with Crippen molar-refractivity contribution in [3.63, 3.8) is 0 Å². The van der Waals surface area contributed by atoms with Crippen molar-refractivity contribution in [1.82, 2.24) is 0 Å². The monoisotopic (exact) mass is 259 g/mol. The zero-order valence-electron chi connectivity index (χ0n) is 10.2. The van der Waals surface area contributed by atoms with Crippen molar-refractivity contribution in [3.05, 3.63) is 34.6 Å². The van der Waals surface area contributed by atoms with Crippen molar-refractivity contribution < 1.29 is 9.50 Å². The van der Waals surface area contributed by atoms with E-state index in [1.165, 1.54) is 6.07 Å². The van der Waals surface area contributed by atoms with Gasteiger partial charge in [-0.15, -0.1) is 0 Å². The molecule has 1 rings (SSSR count). The van der Waals surface area contributed by atoms with Gasteiger partial charge in [0.1, 0.15) is 5.82 Å². The number of aliphatic hydroxyl groups excluding tert-OH is 1. The molecule has 4 heteroatoms. The highest BCUT2D eigenvalue weighted by atomic mass is 35.5. The fraction of sp³-hybridized carbons (Fsp3) is 0.538. The molecule has 96 valence electrons. The summed E-state index contributed by atoms with van der Waals surface area (Å²) in [5.74, 6) is -0.812. The van der Waals surface area contributed by atoms with Crippen molar-refractivity contribution in [2.24, 2.45) is 11.7 Å². The van der Waals surface area contributed by atoms with Crippen molar-refractivity contribution in [1.29, 1.82) is 0 Å². The van der Waals surface area contributed by atoms with E-state index in [2.05, 4.69) is 0 Å². The molecule has 0 amide bonds. The quantitative estimate of drug-likeness (QED) is 0.854. The summed E-state index contributed by atoms with van der Waals surface area (Å²) in [4.78, 5) is 0. The van der Waals surface area contributed by atoms with Gasteiger partial charge in [0, 0.05) is 23.0 Å². The molecule has 0 bridgehead atoms. The number of halogens is 2. The molecule has 0 aliphatic carbocycles. The Labute approximate surface area is 107 Å². The predicted octanol–water partition coefficient (Wildman–Crippen LogP) is 2.93. The van der Waals surface area contributed by atoms with Crippen LogP contribution in [-0.2, 0) is 0 Å². The summed E-state index contributed by atoms with van der Waals surface area (Å²) in [6, 6.07) is 4.50. The Morgan fingerprint density at radius 1 is 1.47 bits per heavy atom. The van der Waals surface area contributed by atoms with Crippen LogP contribution in [0.3, 0.4) is 0 Å². The summed E-state index contributed by atoms with van der Waals surface area (Å²) >= 11 is 5.99. The van der Waals surface area contributed by atoms with Crippen LogP contribution >= 0.6 is 11.6 Å². The molecule has 1 aromatic rings. The lowest BCUT2D eigenvalue weighted by molar-refractivity contribution is 0.0874. The first kappa shape index (κ1) is 14.4. The number of nitrogens with two attached hydrogens (primary N) is 1. The van der Waals surface area contributed by atoms with Gasteiger partial charge in [0.2, 0.25) is 0 Å². The van der Waals surface area contributed by atoms with Crippen molar-refractivity contribution in [2.45, 2.75) is 32.3 Å². The summed E-state index contributed by atoms with van der Waals surface area (Å²) in [5.41, 5.74) is 5.97. The van der Waals surface area contributed by atoms with Crippen LogP contribution in [-0.4, -0.2) is 17.8 Å². The van der Waals surface area contributed by atoms with Gasteiger partial charge in [0.05, 0.1) is 6.10 Å². The predicted molar refractivity (Wildman–Crippen MR) is 68.7 cm³/mol. The van der Waals surface area contributed by atoms with Gasteiger partial charge in [-0.3, -0.25) is 0 Å². The molecule has 0 spiro atoms. The molecular weight excluding hydrogens is 241 g/mol. The molecule has 17 heavy (non-hydrogen) atoms. The molecule has 0 aliphatic rings. The van der Waals surface area contributed by atoms with Crippen LogP contribution in [0.1, 0.15) is 31.7 Å². The summed E-state index contributed by atoms with van der Waals surface area (Å²) in [6.45, 7) is 4.07. The molecule has 0 radical (unpaired) electrons. The Kier molecular flexibility index (Phi) is 5.37. The van der Waals surface area contributed by atoms with E-state index in [0.29, 0.717) is 10.6 Å². The van der Waals surface area contributed by atoms with Crippen LogP contribution in [0, 0.1) is 11.7 Å². The minimum atomic E-state index is -0.681. The zero-order chi connectivity index (χ0) is 13.0. The second kappa shape index (κ2) is 6.34. The molecule has 0 saturated heterocycles. The standard InChI is InChI=1S/C13H19ClFNO/c1-3-8(2)13(17)9(7-16)12-10(14)5-4-6-11(12)15/h4-6,8-9,13,17H,3,7,16H2,1-2H3. The molecule has 3 atom stereocenters. The van der Waals surface area contributed by atoms with Crippen LogP contribution in [0.15, 0.2) is 18.2 Å². The van der Waals surface area contributed by atoms with Gasteiger partial charge in [-0.2, -0.15) is 0 Å². The molecule has 0 aromatic heterocycles. The summed E-state index contributed by atoms with van der Waals surface area (Å²) in [6.07, 6.45) is 0.128. The lowest BCUT2D eigenvalue weighted by Crippen LogP contribution is -2.31. The molecular formula is C13H19ClFNO. The van der Waals surface area contributed by atoms with E-state index in [9.17, 15) is 9.50 Å². The summed E-state index contributed by atoms with van der Waals surface area (Å²) < 4.78 is 13.8. The van der Waals surface area contributed by atoms with Crippen LogP contribution in [0.2, 0.25) is 5.02 Å². The van der Waals surface area contributed by atoms with Crippen LogP contribution in [0.4, 0.5) is 4.39 Å². The van der Waals surface area contributed by atoms with Gasteiger partial charge in [-0.25, -0.2) is 4.39 Å².